The van der Waals surface area contributed by atoms with Gasteiger partial charge in [0.15, 0.2) is 6.61 Å². The van der Waals surface area contributed by atoms with Crippen LogP contribution in [0.25, 0.3) is 0 Å². The first-order chi connectivity index (χ1) is 13.4. The lowest BCUT2D eigenvalue weighted by atomic mass is 9.49. The van der Waals surface area contributed by atoms with Crippen molar-refractivity contribution in [1.29, 1.82) is 0 Å². The Labute approximate surface area is 175 Å². The van der Waals surface area contributed by atoms with E-state index in [0.717, 1.165) is 32.1 Å². The Morgan fingerprint density at radius 3 is 2.50 bits per heavy atom. The van der Waals surface area contributed by atoms with E-state index < -0.39 is 0 Å². The van der Waals surface area contributed by atoms with Crippen molar-refractivity contribution in [2.24, 2.45) is 17.3 Å². The van der Waals surface area contributed by atoms with Crippen molar-refractivity contribution in [1.82, 2.24) is 5.32 Å². The number of esters is 1. The molecule has 0 spiro atoms. The fraction of sp³-hybridized carbons (Fsp3) is 0.652. The van der Waals surface area contributed by atoms with Crippen molar-refractivity contribution in [2.45, 2.75) is 68.7 Å². The average Bonchev–Trinajstić information content (AvgIpc) is 2.63. The molecular weight excluding hydrogens is 418 g/mol. The number of halogens is 1. The normalized spacial score (nSPS) is 34.1. The molecule has 4 bridgehead atoms. The van der Waals surface area contributed by atoms with Crippen molar-refractivity contribution >= 4 is 27.8 Å². The molecule has 1 aromatic rings. The third-order valence-electron chi connectivity index (χ3n) is 6.87. The van der Waals surface area contributed by atoms with Gasteiger partial charge in [0.2, 0.25) is 0 Å². The number of hydrogen-bond donors (Lipinski definition) is 1. The number of carbonyl (C=O) groups excluding carboxylic acids is 2. The summed E-state index contributed by atoms with van der Waals surface area (Å²) < 4.78 is 5.64. The summed E-state index contributed by atoms with van der Waals surface area (Å²) in [5.74, 6) is 0.893. The molecule has 1 amide bonds. The molecule has 5 atom stereocenters. The molecule has 4 saturated carbocycles. The minimum atomic E-state index is -0.368. The lowest BCUT2D eigenvalue weighted by Crippen LogP contribution is -2.56. The highest BCUT2D eigenvalue weighted by Crippen LogP contribution is 2.64. The fourth-order valence-electron chi connectivity index (χ4n) is 6.09. The van der Waals surface area contributed by atoms with Crippen molar-refractivity contribution in [3.63, 3.8) is 0 Å². The number of rotatable bonds is 7. The Hall–Kier alpha value is -1.36. The van der Waals surface area contributed by atoms with E-state index in [4.69, 9.17) is 4.74 Å². The molecule has 4 nitrogen and oxygen atoms in total. The van der Waals surface area contributed by atoms with E-state index in [1.54, 1.807) is 0 Å². The number of hydrogen-bond acceptors (Lipinski definition) is 3. The van der Waals surface area contributed by atoms with Gasteiger partial charge in [-0.05, 0) is 75.7 Å². The van der Waals surface area contributed by atoms with E-state index >= 15 is 0 Å². The summed E-state index contributed by atoms with van der Waals surface area (Å²) in [6.07, 6.45) is 8.12. The van der Waals surface area contributed by atoms with Crippen LogP contribution in [0, 0.1) is 17.3 Å². The van der Waals surface area contributed by atoms with Crippen LogP contribution in [0.1, 0.15) is 57.4 Å². The minimum Gasteiger partial charge on any atom is -0.455 e. The average molecular weight is 448 g/mol. The molecule has 0 saturated heterocycles. The van der Waals surface area contributed by atoms with Gasteiger partial charge >= 0.3 is 5.97 Å². The molecule has 152 valence electrons. The maximum absolute atomic E-state index is 12.9. The maximum atomic E-state index is 12.9. The largest absolute Gasteiger partial charge is 0.455 e. The molecule has 2 unspecified atom stereocenters. The highest BCUT2D eigenvalue weighted by molar-refractivity contribution is 9.10. The minimum absolute atomic E-state index is 0.0526. The second kappa shape index (κ2) is 7.81. The number of carbonyl (C=O) groups is 2. The molecule has 0 aromatic heterocycles. The van der Waals surface area contributed by atoms with Crippen molar-refractivity contribution in [2.75, 3.05) is 6.61 Å². The predicted molar refractivity (Wildman–Crippen MR) is 112 cm³/mol. The SMILES string of the molecule is C[C@@H](CCc1ccccc1)NC(=O)COC(=O)C12C[C@@H]3C[C@@H](CC(Br)(C3)C1)C2. The van der Waals surface area contributed by atoms with Gasteiger partial charge in [-0.15, -0.1) is 0 Å². The first kappa shape index (κ1) is 19.9. The molecule has 0 radical (unpaired) electrons. The van der Waals surface area contributed by atoms with Crippen LogP contribution >= 0.6 is 15.9 Å². The highest BCUT2D eigenvalue weighted by atomic mass is 79.9. The summed E-state index contributed by atoms with van der Waals surface area (Å²) in [5, 5.41) is 2.96. The number of ether oxygens (including phenoxy) is 1. The van der Waals surface area contributed by atoms with Gasteiger partial charge in [-0.25, -0.2) is 0 Å². The van der Waals surface area contributed by atoms with Gasteiger partial charge in [0.1, 0.15) is 0 Å². The van der Waals surface area contributed by atoms with Crippen molar-refractivity contribution in [3.05, 3.63) is 35.9 Å². The van der Waals surface area contributed by atoms with Gasteiger partial charge in [0, 0.05) is 10.4 Å². The molecule has 5 heteroatoms. The van der Waals surface area contributed by atoms with E-state index in [-0.39, 0.29) is 34.3 Å². The summed E-state index contributed by atoms with van der Waals surface area (Å²) in [7, 11) is 0. The molecule has 0 aliphatic heterocycles. The second-order valence-electron chi connectivity index (χ2n) is 9.46. The van der Waals surface area contributed by atoms with Gasteiger partial charge in [0.25, 0.3) is 5.91 Å². The first-order valence-electron chi connectivity index (χ1n) is 10.6. The number of amides is 1. The molecule has 28 heavy (non-hydrogen) atoms. The van der Waals surface area contributed by atoms with Crippen LogP contribution in [0.2, 0.25) is 0 Å². The number of aryl methyl sites for hydroxylation is 1. The molecule has 0 heterocycles. The van der Waals surface area contributed by atoms with Crippen LogP contribution in [-0.4, -0.2) is 28.8 Å². The predicted octanol–water partition coefficient (Wildman–Crippen LogP) is 4.40. The van der Waals surface area contributed by atoms with E-state index in [1.807, 2.05) is 25.1 Å². The molecule has 1 N–H and O–H groups in total. The highest BCUT2D eigenvalue weighted by Gasteiger charge is 2.60. The summed E-state index contributed by atoms with van der Waals surface area (Å²) >= 11 is 3.92. The maximum Gasteiger partial charge on any atom is 0.312 e. The van der Waals surface area contributed by atoms with Gasteiger partial charge in [0.05, 0.1) is 5.41 Å². The quantitative estimate of drug-likeness (QED) is 0.497. The Kier molecular flexibility index (Phi) is 5.56. The van der Waals surface area contributed by atoms with E-state index in [0.29, 0.717) is 11.8 Å². The fourth-order valence-corrected chi connectivity index (χ4v) is 7.54. The van der Waals surface area contributed by atoms with Gasteiger partial charge < -0.3 is 10.1 Å². The van der Waals surface area contributed by atoms with Gasteiger partial charge in [-0.2, -0.15) is 0 Å². The van der Waals surface area contributed by atoms with Crippen molar-refractivity contribution < 1.29 is 14.3 Å². The lowest BCUT2D eigenvalue weighted by molar-refractivity contribution is -0.171. The van der Waals surface area contributed by atoms with E-state index in [1.165, 1.54) is 24.8 Å². The smallest absolute Gasteiger partial charge is 0.312 e. The van der Waals surface area contributed by atoms with Crippen LogP contribution in [0.4, 0.5) is 0 Å². The monoisotopic (exact) mass is 447 g/mol. The van der Waals surface area contributed by atoms with Crippen LogP contribution in [-0.2, 0) is 20.7 Å². The summed E-state index contributed by atoms with van der Waals surface area (Å²) in [5.41, 5.74) is 0.896. The summed E-state index contributed by atoms with van der Waals surface area (Å²) in [6, 6.07) is 10.3. The third kappa shape index (κ3) is 4.29. The van der Waals surface area contributed by atoms with Crippen LogP contribution in [0.5, 0.6) is 0 Å². The zero-order valence-corrected chi connectivity index (χ0v) is 18.2. The lowest BCUT2D eigenvalue weighted by Gasteiger charge is -2.58. The topological polar surface area (TPSA) is 55.4 Å². The standard InChI is InChI=1S/C23H30BrNO3/c1-16(7-8-17-5-3-2-4-6-17)25-20(26)14-28-21(27)22-10-18-9-19(11-22)13-23(24,12-18)15-22/h2-6,16,18-19H,7-15H2,1H3,(H,25,26)/t16-,18-,19+,22?,23?/m0/s1. The summed E-state index contributed by atoms with van der Waals surface area (Å²) in [4.78, 5) is 25.2. The van der Waals surface area contributed by atoms with E-state index in [9.17, 15) is 9.59 Å². The van der Waals surface area contributed by atoms with Crippen LogP contribution < -0.4 is 5.32 Å². The zero-order valence-electron chi connectivity index (χ0n) is 16.6. The van der Waals surface area contributed by atoms with Crippen LogP contribution in [0.3, 0.4) is 0 Å². The Morgan fingerprint density at radius 1 is 1.18 bits per heavy atom. The van der Waals surface area contributed by atoms with Crippen molar-refractivity contribution in [3.8, 4) is 0 Å². The molecule has 4 aliphatic carbocycles. The van der Waals surface area contributed by atoms with Gasteiger partial charge in [-0.1, -0.05) is 46.3 Å². The second-order valence-corrected chi connectivity index (χ2v) is 11.1. The molecule has 1 aromatic carbocycles. The Balaban J connectivity index is 1.24. The number of nitrogens with one attached hydrogen (secondary N) is 1. The molecule has 4 aliphatic rings. The molecule has 4 fully saturated rings. The van der Waals surface area contributed by atoms with E-state index in [2.05, 4.69) is 33.4 Å². The number of benzene rings is 1. The Bertz CT molecular complexity index is 721. The molecular formula is C23H30BrNO3. The third-order valence-corrected chi connectivity index (χ3v) is 7.80. The van der Waals surface area contributed by atoms with Crippen LogP contribution in [0.15, 0.2) is 30.3 Å². The van der Waals surface area contributed by atoms with Gasteiger partial charge in [-0.3, -0.25) is 9.59 Å². The number of alkyl halides is 1. The molecule has 5 rings (SSSR count). The first-order valence-corrected chi connectivity index (χ1v) is 11.3. The zero-order chi connectivity index (χ0) is 19.8. The Morgan fingerprint density at radius 2 is 1.86 bits per heavy atom. The summed E-state index contributed by atoms with van der Waals surface area (Å²) in [6.45, 7) is 1.83.